The highest BCUT2D eigenvalue weighted by Crippen LogP contribution is 2.61. The summed E-state index contributed by atoms with van der Waals surface area (Å²) in [6, 6.07) is 0. The average Bonchev–Trinajstić information content (AvgIpc) is 2.42. The van der Waals surface area contributed by atoms with E-state index in [1.165, 1.54) is 44.9 Å². The minimum atomic E-state index is 0.522. The number of carbonyl (C=O) groups is 1. The van der Waals surface area contributed by atoms with Crippen LogP contribution < -0.4 is 0 Å². The summed E-state index contributed by atoms with van der Waals surface area (Å²) in [5.74, 6) is 3.75. The normalized spacial score (nSPS) is 37.1. The van der Waals surface area contributed by atoms with Crippen molar-refractivity contribution < 1.29 is 4.79 Å². The van der Waals surface area contributed by atoms with Crippen LogP contribution in [-0.4, -0.2) is 5.78 Å². The van der Waals surface area contributed by atoms with Crippen LogP contribution in [0.3, 0.4) is 0 Å². The van der Waals surface area contributed by atoms with Crippen molar-refractivity contribution in [1.29, 1.82) is 0 Å². The first kappa shape index (κ1) is 15.6. The van der Waals surface area contributed by atoms with Crippen LogP contribution in [0.4, 0.5) is 0 Å². The van der Waals surface area contributed by atoms with E-state index in [0.29, 0.717) is 5.78 Å². The molecule has 0 aromatic carbocycles. The van der Waals surface area contributed by atoms with Gasteiger partial charge in [0.25, 0.3) is 0 Å². The second-order valence-corrected chi connectivity index (χ2v) is 8.62. The lowest BCUT2D eigenvalue weighted by atomic mass is 9.48. The summed E-state index contributed by atoms with van der Waals surface area (Å²) in [7, 11) is 0. The highest BCUT2D eigenvalue weighted by atomic mass is 16.1. The topological polar surface area (TPSA) is 17.1 Å². The van der Waals surface area contributed by atoms with E-state index < -0.39 is 0 Å². The molecule has 0 N–H and O–H groups in total. The monoisotopic (exact) mass is 290 g/mol. The number of ketones is 1. The molecule has 4 aliphatic rings. The Kier molecular flexibility index (Phi) is 5.07. The maximum atomic E-state index is 11.8. The molecule has 0 radical (unpaired) electrons. The van der Waals surface area contributed by atoms with Crippen molar-refractivity contribution in [3.63, 3.8) is 0 Å². The lowest BCUT2D eigenvalue weighted by molar-refractivity contribution is -0.119. The second kappa shape index (κ2) is 6.84. The van der Waals surface area contributed by atoms with Gasteiger partial charge in [0.15, 0.2) is 0 Å². The molecule has 1 nitrogen and oxygen atoms in total. The quantitative estimate of drug-likeness (QED) is 0.482. The van der Waals surface area contributed by atoms with Gasteiger partial charge >= 0.3 is 0 Å². The van der Waals surface area contributed by atoms with Gasteiger partial charge in [0, 0.05) is 12.8 Å². The zero-order chi connectivity index (χ0) is 14.7. The van der Waals surface area contributed by atoms with E-state index in [-0.39, 0.29) is 0 Å². The molecule has 120 valence electrons. The zero-order valence-corrected chi connectivity index (χ0v) is 14.0. The van der Waals surface area contributed by atoms with E-state index in [4.69, 9.17) is 0 Å². The molecular weight excluding hydrogens is 256 g/mol. The van der Waals surface area contributed by atoms with Crippen LogP contribution >= 0.6 is 0 Å². The van der Waals surface area contributed by atoms with E-state index in [0.717, 1.165) is 48.9 Å². The Hall–Kier alpha value is -0.330. The van der Waals surface area contributed by atoms with Crippen molar-refractivity contribution in [3.8, 4) is 0 Å². The van der Waals surface area contributed by atoms with Crippen LogP contribution in [0.2, 0.25) is 0 Å². The third kappa shape index (κ3) is 3.90. The van der Waals surface area contributed by atoms with Crippen LogP contribution in [-0.2, 0) is 4.79 Å². The van der Waals surface area contributed by atoms with Gasteiger partial charge in [0.1, 0.15) is 5.78 Å². The summed E-state index contributed by atoms with van der Waals surface area (Å²) in [4.78, 5) is 11.8. The average molecular weight is 290 g/mol. The largest absolute Gasteiger partial charge is 0.300 e. The first-order valence-electron chi connectivity index (χ1n) is 9.71. The number of Topliss-reactive ketones (excluding diaryl/α,β-unsaturated/α-hetero) is 1. The SMILES string of the molecule is CCCCCC(=O)CCCCC12CC3CC(CC(C3)C1)C2. The van der Waals surface area contributed by atoms with Crippen LogP contribution in [0, 0.1) is 23.2 Å². The van der Waals surface area contributed by atoms with Gasteiger partial charge in [-0.05, 0) is 81.0 Å². The molecule has 4 saturated carbocycles. The van der Waals surface area contributed by atoms with Gasteiger partial charge in [0.05, 0.1) is 0 Å². The maximum absolute atomic E-state index is 11.8. The predicted octanol–water partition coefficient (Wildman–Crippen LogP) is 5.91. The summed E-state index contributed by atoms with van der Waals surface area (Å²) < 4.78 is 0. The van der Waals surface area contributed by atoms with Gasteiger partial charge in [-0.25, -0.2) is 0 Å². The minimum Gasteiger partial charge on any atom is -0.300 e. The number of rotatable bonds is 9. The van der Waals surface area contributed by atoms with Crippen molar-refractivity contribution >= 4 is 5.78 Å². The highest BCUT2D eigenvalue weighted by molar-refractivity contribution is 5.78. The van der Waals surface area contributed by atoms with E-state index in [2.05, 4.69) is 6.92 Å². The van der Waals surface area contributed by atoms with Crippen molar-refractivity contribution in [1.82, 2.24) is 0 Å². The number of unbranched alkanes of at least 4 members (excludes halogenated alkanes) is 3. The fourth-order valence-corrected chi connectivity index (χ4v) is 6.12. The van der Waals surface area contributed by atoms with Crippen LogP contribution in [0.15, 0.2) is 0 Å². The smallest absolute Gasteiger partial charge is 0.132 e. The van der Waals surface area contributed by atoms with Gasteiger partial charge < -0.3 is 0 Å². The molecule has 1 heteroatoms. The molecule has 0 heterocycles. The van der Waals surface area contributed by atoms with Gasteiger partial charge in [-0.15, -0.1) is 0 Å². The van der Waals surface area contributed by atoms with Gasteiger partial charge in [-0.2, -0.15) is 0 Å². The fourth-order valence-electron chi connectivity index (χ4n) is 6.12. The fraction of sp³-hybridized carbons (Fsp3) is 0.950. The van der Waals surface area contributed by atoms with E-state index in [1.807, 2.05) is 0 Å². The van der Waals surface area contributed by atoms with Crippen molar-refractivity contribution in [3.05, 3.63) is 0 Å². The van der Waals surface area contributed by atoms with E-state index in [1.54, 1.807) is 19.3 Å². The van der Waals surface area contributed by atoms with Crippen LogP contribution in [0.25, 0.3) is 0 Å². The molecule has 4 fully saturated rings. The molecule has 0 aromatic heterocycles. The Morgan fingerprint density at radius 1 is 0.857 bits per heavy atom. The van der Waals surface area contributed by atoms with E-state index >= 15 is 0 Å². The lowest BCUT2D eigenvalue weighted by Gasteiger charge is -2.57. The Bertz CT molecular complexity index is 322. The molecular formula is C20H34O. The van der Waals surface area contributed by atoms with Gasteiger partial charge in [0.2, 0.25) is 0 Å². The minimum absolute atomic E-state index is 0.522. The third-order valence-corrected chi connectivity index (χ3v) is 6.64. The molecule has 0 spiro atoms. The predicted molar refractivity (Wildman–Crippen MR) is 88.2 cm³/mol. The van der Waals surface area contributed by atoms with Gasteiger partial charge in [-0.1, -0.05) is 26.2 Å². The zero-order valence-electron chi connectivity index (χ0n) is 14.0. The molecule has 4 aliphatic carbocycles. The lowest BCUT2D eigenvalue weighted by Crippen LogP contribution is -2.45. The molecule has 0 aromatic rings. The Morgan fingerprint density at radius 2 is 1.38 bits per heavy atom. The molecule has 0 amide bonds. The molecule has 0 atom stereocenters. The summed E-state index contributed by atoms with van der Waals surface area (Å²) in [5, 5.41) is 0. The summed E-state index contributed by atoms with van der Waals surface area (Å²) in [6.45, 7) is 2.20. The molecule has 4 rings (SSSR count). The molecule has 0 unspecified atom stereocenters. The van der Waals surface area contributed by atoms with Gasteiger partial charge in [-0.3, -0.25) is 4.79 Å². The molecule has 21 heavy (non-hydrogen) atoms. The number of hydrogen-bond donors (Lipinski definition) is 0. The molecule has 4 bridgehead atoms. The standard InChI is InChI=1S/C20H34O/c1-2-3-4-7-19(21)8-5-6-9-20-13-16-10-17(14-20)12-18(11-16)15-20/h16-18H,2-15H2,1H3. The summed E-state index contributed by atoms with van der Waals surface area (Å²) in [5.41, 5.74) is 0.722. The molecule has 0 aliphatic heterocycles. The maximum Gasteiger partial charge on any atom is 0.132 e. The third-order valence-electron chi connectivity index (χ3n) is 6.64. The van der Waals surface area contributed by atoms with Crippen LogP contribution in [0.1, 0.15) is 96.8 Å². The summed E-state index contributed by atoms with van der Waals surface area (Å²) in [6.07, 6.45) is 18.4. The number of hydrogen-bond acceptors (Lipinski definition) is 1. The highest BCUT2D eigenvalue weighted by Gasteiger charge is 2.50. The first-order valence-corrected chi connectivity index (χ1v) is 9.71. The number of carbonyl (C=O) groups excluding carboxylic acids is 1. The van der Waals surface area contributed by atoms with Crippen LogP contribution in [0.5, 0.6) is 0 Å². The second-order valence-electron chi connectivity index (χ2n) is 8.62. The Balaban J connectivity index is 1.35. The Labute approximate surface area is 131 Å². The summed E-state index contributed by atoms with van der Waals surface area (Å²) >= 11 is 0. The molecule has 0 saturated heterocycles. The van der Waals surface area contributed by atoms with Crippen molar-refractivity contribution in [2.24, 2.45) is 23.2 Å². The van der Waals surface area contributed by atoms with E-state index in [9.17, 15) is 4.79 Å². The van der Waals surface area contributed by atoms with Crippen molar-refractivity contribution in [2.45, 2.75) is 96.8 Å². The van der Waals surface area contributed by atoms with Crippen molar-refractivity contribution in [2.75, 3.05) is 0 Å². The first-order chi connectivity index (χ1) is 10.2. The Morgan fingerprint density at radius 3 is 1.90 bits per heavy atom.